The van der Waals surface area contributed by atoms with Crippen LogP contribution in [-0.2, 0) is 4.79 Å². The van der Waals surface area contributed by atoms with Gasteiger partial charge in [-0.15, -0.1) is 0 Å². The number of halogens is 1. The Morgan fingerprint density at radius 2 is 2.00 bits per heavy atom. The lowest BCUT2D eigenvalue weighted by atomic mass is 9.99. The molecule has 124 valence electrons. The second-order valence-electron chi connectivity index (χ2n) is 6.17. The van der Waals surface area contributed by atoms with E-state index in [1.165, 1.54) is 0 Å². The van der Waals surface area contributed by atoms with Crippen molar-refractivity contribution in [2.45, 2.75) is 5.92 Å². The first-order valence-electron chi connectivity index (χ1n) is 8.20. The zero-order chi connectivity index (χ0) is 16.5. The average molecular weight is 343 g/mol. The highest BCUT2D eigenvalue weighted by Crippen LogP contribution is 2.34. The zero-order valence-electron chi connectivity index (χ0n) is 13.3. The predicted octanol–water partition coefficient (Wildman–Crippen LogP) is 2.59. The van der Waals surface area contributed by atoms with Gasteiger partial charge < -0.3 is 15.1 Å². The van der Waals surface area contributed by atoms with Crippen LogP contribution in [0.4, 0.5) is 11.5 Å². The van der Waals surface area contributed by atoms with E-state index in [4.69, 9.17) is 11.6 Å². The van der Waals surface area contributed by atoms with E-state index in [0.29, 0.717) is 11.6 Å². The Bertz CT molecular complexity index is 744. The predicted molar refractivity (Wildman–Crippen MR) is 95.7 cm³/mol. The summed E-state index contributed by atoms with van der Waals surface area (Å²) >= 11 is 6.03. The SMILES string of the molecule is O=C([C@H]1CNc2cc(Cl)ccc21)N1CCN(c2ccccn2)CC1. The topological polar surface area (TPSA) is 48.5 Å². The van der Waals surface area contributed by atoms with Crippen LogP contribution in [0.15, 0.2) is 42.6 Å². The first-order chi connectivity index (χ1) is 11.7. The Balaban J connectivity index is 1.43. The van der Waals surface area contributed by atoms with E-state index in [9.17, 15) is 4.79 Å². The molecular formula is C18H19ClN4O. The molecule has 1 aromatic heterocycles. The molecule has 1 saturated heterocycles. The summed E-state index contributed by atoms with van der Waals surface area (Å²) in [5.41, 5.74) is 2.03. The molecule has 2 aliphatic heterocycles. The first-order valence-corrected chi connectivity index (χ1v) is 8.58. The maximum Gasteiger partial charge on any atom is 0.232 e. The largest absolute Gasteiger partial charge is 0.384 e. The number of anilines is 2. The standard InChI is InChI=1S/C18H19ClN4O/c19-13-4-5-14-15(12-21-16(14)11-13)18(24)23-9-7-22(8-10-23)17-3-1-2-6-20-17/h1-6,11,15,21H,7-10,12H2/t15-/m0/s1. The van der Waals surface area contributed by atoms with Gasteiger partial charge in [0.25, 0.3) is 0 Å². The second-order valence-corrected chi connectivity index (χ2v) is 6.60. The van der Waals surface area contributed by atoms with Crippen molar-refractivity contribution in [2.75, 3.05) is 42.9 Å². The minimum absolute atomic E-state index is 0.112. The van der Waals surface area contributed by atoms with Crippen molar-refractivity contribution in [3.05, 3.63) is 53.2 Å². The van der Waals surface area contributed by atoms with Gasteiger partial charge in [-0.25, -0.2) is 4.98 Å². The third-order valence-electron chi connectivity index (χ3n) is 4.75. The Hall–Kier alpha value is -2.27. The third kappa shape index (κ3) is 2.80. The molecular weight excluding hydrogens is 324 g/mol. The number of nitrogens with one attached hydrogen (secondary N) is 1. The first kappa shape index (κ1) is 15.3. The van der Waals surface area contributed by atoms with Gasteiger partial charge in [0.15, 0.2) is 0 Å². The van der Waals surface area contributed by atoms with Crippen LogP contribution in [0, 0.1) is 0 Å². The van der Waals surface area contributed by atoms with Gasteiger partial charge in [0, 0.05) is 49.6 Å². The van der Waals surface area contributed by atoms with E-state index < -0.39 is 0 Å². The minimum Gasteiger partial charge on any atom is -0.384 e. The summed E-state index contributed by atoms with van der Waals surface area (Å²) in [6.07, 6.45) is 1.80. The van der Waals surface area contributed by atoms with Crippen molar-refractivity contribution >= 4 is 29.0 Å². The number of pyridine rings is 1. The van der Waals surface area contributed by atoms with E-state index in [0.717, 1.165) is 43.2 Å². The number of nitrogens with zero attached hydrogens (tertiary/aromatic N) is 3. The number of piperazine rings is 1. The third-order valence-corrected chi connectivity index (χ3v) is 4.99. The second kappa shape index (κ2) is 6.32. The highest BCUT2D eigenvalue weighted by Gasteiger charge is 2.33. The molecule has 1 atom stereocenters. The number of carbonyl (C=O) groups is 1. The molecule has 6 heteroatoms. The molecule has 2 aliphatic rings. The summed E-state index contributed by atoms with van der Waals surface area (Å²) in [4.78, 5) is 21.5. The normalized spacial score (nSPS) is 19.8. The average Bonchev–Trinajstić information content (AvgIpc) is 3.05. The fraction of sp³-hybridized carbons (Fsp3) is 0.333. The number of hydrogen-bond donors (Lipinski definition) is 1. The summed E-state index contributed by atoms with van der Waals surface area (Å²) in [6.45, 7) is 3.74. The number of amides is 1. The molecule has 1 amide bonds. The van der Waals surface area contributed by atoms with E-state index in [1.807, 2.05) is 41.3 Å². The van der Waals surface area contributed by atoms with Gasteiger partial charge in [0.2, 0.25) is 5.91 Å². The van der Waals surface area contributed by atoms with Crippen molar-refractivity contribution in [2.24, 2.45) is 0 Å². The summed E-state index contributed by atoms with van der Waals surface area (Å²) in [5.74, 6) is 1.06. The fourth-order valence-corrected chi connectivity index (χ4v) is 3.62. The Morgan fingerprint density at radius 3 is 2.75 bits per heavy atom. The van der Waals surface area contributed by atoms with Crippen molar-refractivity contribution < 1.29 is 4.79 Å². The minimum atomic E-state index is -0.112. The molecule has 0 bridgehead atoms. The Labute approximate surface area is 146 Å². The molecule has 1 aromatic carbocycles. The quantitative estimate of drug-likeness (QED) is 0.911. The Morgan fingerprint density at radius 1 is 1.17 bits per heavy atom. The number of hydrogen-bond acceptors (Lipinski definition) is 4. The molecule has 0 radical (unpaired) electrons. The van der Waals surface area contributed by atoms with Crippen LogP contribution in [-0.4, -0.2) is 48.5 Å². The van der Waals surface area contributed by atoms with Gasteiger partial charge in [-0.2, -0.15) is 0 Å². The maximum absolute atomic E-state index is 12.9. The van der Waals surface area contributed by atoms with Gasteiger partial charge in [0.1, 0.15) is 5.82 Å². The van der Waals surface area contributed by atoms with E-state index >= 15 is 0 Å². The fourth-order valence-electron chi connectivity index (χ4n) is 3.44. The molecule has 0 unspecified atom stereocenters. The van der Waals surface area contributed by atoms with E-state index in [1.54, 1.807) is 6.20 Å². The monoisotopic (exact) mass is 342 g/mol. The molecule has 3 heterocycles. The van der Waals surface area contributed by atoms with Crippen LogP contribution in [0.25, 0.3) is 0 Å². The van der Waals surface area contributed by atoms with Crippen LogP contribution in [0.2, 0.25) is 5.02 Å². The van der Waals surface area contributed by atoms with E-state index in [2.05, 4.69) is 15.2 Å². The molecule has 24 heavy (non-hydrogen) atoms. The molecule has 2 aromatic rings. The van der Waals surface area contributed by atoms with Crippen LogP contribution in [0.5, 0.6) is 0 Å². The van der Waals surface area contributed by atoms with Crippen LogP contribution >= 0.6 is 11.6 Å². The van der Waals surface area contributed by atoms with Gasteiger partial charge in [-0.1, -0.05) is 23.7 Å². The van der Waals surface area contributed by atoms with Gasteiger partial charge >= 0.3 is 0 Å². The number of benzene rings is 1. The summed E-state index contributed by atoms with van der Waals surface area (Å²) in [5, 5.41) is 3.99. The lowest BCUT2D eigenvalue weighted by molar-refractivity contribution is -0.132. The molecule has 4 rings (SSSR count). The van der Waals surface area contributed by atoms with Gasteiger partial charge in [-0.3, -0.25) is 4.79 Å². The molecule has 0 aliphatic carbocycles. The Kier molecular flexibility index (Phi) is 4.02. The van der Waals surface area contributed by atoms with Gasteiger partial charge in [0.05, 0.1) is 5.92 Å². The number of aromatic nitrogens is 1. The summed E-state index contributed by atoms with van der Waals surface area (Å²) in [6, 6.07) is 11.6. The van der Waals surface area contributed by atoms with Gasteiger partial charge in [-0.05, 0) is 29.8 Å². The lowest BCUT2D eigenvalue weighted by Gasteiger charge is -2.36. The molecule has 1 N–H and O–H groups in total. The summed E-state index contributed by atoms with van der Waals surface area (Å²) in [7, 11) is 0. The smallest absolute Gasteiger partial charge is 0.232 e. The number of fused-ring (bicyclic) bond motifs is 1. The van der Waals surface area contributed by atoms with Crippen LogP contribution in [0.3, 0.4) is 0 Å². The van der Waals surface area contributed by atoms with E-state index in [-0.39, 0.29) is 11.8 Å². The maximum atomic E-state index is 12.9. The van der Waals surface area contributed by atoms with Crippen molar-refractivity contribution in [1.29, 1.82) is 0 Å². The van der Waals surface area contributed by atoms with Crippen molar-refractivity contribution in [1.82, 2.24) is 9.88 Å². The zero-order valence-corrected chi connectivity index (χ0v) is 14.0. The number of carbonyl (C=O) groups excluding carboxylic acids is 1. The number of rotatable bonds is 2. The molecule has 5 nitrogen and oxygen atoms in total. The van der Waals surface area contributed by atoms with Crippen molar-refractivity contribution in [3.8, 4) is 0 Å². The molecule has 0 saturated carbocycles. The summed E-state index contributed by atoms with van der Waals surface area (Å²) < 4.78 is 0. The molecule has 1 fully saturated rings. The van der Waals surface area contributed by atoms with Crippen LogP contribution < -0.4 is 10.2 Å². The highest BCUT2D eigenvalue weighted by atomic mass is 35.5. The van der Waals surface area contributed by atoms with Crippen molar-refractivity contribution in [3.63, 3.8) is 0 Å². The van der Waals surface area contributed by atoms with Crippen LogP contribution in [0.1, 0.15) is 11.5 Å². The molecule has 0 spiro atoms. The lowest BCUT2D eigenvalue weighted by Crippen LogP contribution is -2.50. The highest BCUT2D eigenvalue weighted by molar-refractivity contribution is 6.30.